The summed E-state index contributed by atoms with van der Waals surface area (Å²) in [6.45, 7) is 5.97. The van der Waals surface area contributed by atoms with Gasteiger partial charge < -0.3 is 9.84 Å². The molecule has 2 rings (SSSR count). The number of benzene rings is 2. The van der Waals surface area contributed by atoms with Crippen LogP contribution in [0.1, 0.15) is 42.9 Å². The van der Waals surface area contributed by atoms with E-state index in [0.717, 1.165) is 16.5 Å². The molecular weight excluding hydrogens is 396 g/mol. The summed E-state index contributed by atoms with van der Waals surface area (Å²) in [7, 11) is 0. The zero-order chi connectivity index (χ0) is 19.1. The predicted molar refractivity (Wildman–Crippen MR) is 107 cm³/mol. The van der Waals surface area contributed by atoms with Gasteiger partial charge in [-0.25, -0.2) is 5.43 Å². The summed E-state index contributed by atoms with van der Waals surface area (Å²) in [6, 6.07) is 11.3. The molecule has 138 valence electrons. The molecule has 0 aliphatic carbocycles. The number of amides is 1. The first kappa shape index (κ1) is 20.0. The van der Waals surface area contributed by atoms with Gasteiger partial charge in [0.15, 0.2) is 6.61 Å². The van der Waals surface area contributed by atoms with Gasteiger partial charge in [-0.1, -0.05) is 41.9 Å². The number of aromatic hydroxyl groups is 1. The number of rotatable bonds is 7. The number of carbonyl (C=O) groups is 1. The number of phenols is 1. The Morgan fingerprint density at radius 1 is 1.35 bits per heavy atom. The van der Waals surface area contributed by atoms with E-state index in [-0.39, 0.29) is 18.3 Å². The van der Waals surface area contributed by atoms with Gasteiger partial charge in [-0.2, -0.15) is 5.10 Å². The van der Waals surface area contributed by atoms with Crippen molar-refractivity contribution in [2.75, 3.05) is 6.61 Å². The first-order valence-electron chi connectivity index (χ1n) is 8.44. The number of phenolic OH excluding ortho intramolecular Hbond substituents is 1. The molecule has 1 atom stereocenters. The quantitative estimate of drug-likeness (QED) is 0.513. The number of hydrazone groups is 1. The van der Waals surface area contributed by atoms with E-state index < -0.39 is 0 Å². The van der Waals surface area contributed by atoms with E-state index in [1.165, 1.54) is 11.8 Å². The van der Waals surface area contributed by atoms with E-state index in [9.17, 15) is 9.90 Å². The van der Waals surface area contributed by atoms with Crippen molar-refractivity contribution in [2.45, 2.75) is 33.1 Å². The minimum absolute atomic E-state index is 0.129. The third kappa shape index (κ3) is 5.59. The van der Waals surface area contributed by atoms with Gasteiger partial charge in [0.1, 0.15) is 11.5 Å². The molecule has 0 heterocycles. The molecule has 0 aliphatic rings. The molecule has 6 heteroatoms. The summed E-state index contributed by atoms with van der Waals surface area (Å²) in [6.07, 6.45) is 2.47. The zero-order valence-corrected chi connectivity index (χ0v) is 16.7. The molecule has 2 aromatic carbocycles. The van der Waals surface area contributed by atoms with Gasteiger partial charge in [0.05, 0.1) is 6.21 Å². The van der Waals surface area contributed by atoms with Crippen LogP contribution in [0.15, 0.2) is 46.0 Å². The van der Waals surface area contributed by atoms with Crippen LogP contribution in [0.5, 0.6) is 11.5 Å². The topological polar surface area (TPSA) is 70.9 Å². The average molecular weight is 419 g/mol. The van der Waals surface area contributed by atoms with E-state index in [1.54, 1.807) is 19.1 Å². The second-order valence-corrected chi connectivity index (χ2v) is 7.04. The summed E-state index contributed by atoms with van der Waals surface area (Å²) >= 11 is 3.36. The number of halogens is 1. The second kappa shape index (κ2) is 9.38. The van der Waals surface area contributed by atoms with Crippen molar-refractivity contribution >= 4 is 28.1 Å². The number of ether oxygens (including phenoxy) is 1. The van der Waals surface area contributed by atoms with Crippen LogP contribution in [0.2, 0.25) is 0 Å². The lowest BCUT2D eigenvalue weighted by Crippen LogP contribution is -2.24. The van der Waals surface area contributed by atoms with Gasteiger partial charge in [-0.3, -0.25) is 4.79 Å². The lowest BCUT2D eigenvalue weighted by molar-refractivity contribution is -0.123. The second-order valence-electron chi connectivity index (χ2n) is 6.12. The zero-order valence-electron chi connectivity index (χ0n) is 15.1. The van der Waals surface area contributed by atoms with Crippen molar-refractivity contribution in [3.05, 3.63) is 57.6 Å². The largest absolute Gasteiger partial charge is 0.507 e. The molecule has 2 aromatic rings. The minimum atomic E-state index is -0.376. The average Bonchev–Trinajstić information content (AvgIpc) is 2.63. The van der Waals surface area contributed by atoms with E-state index in [4.69, 9.17) is 4.74 Å². The van der Waals surface area contributed by atoms with Crippen LogP contribution in [0, 0.1) is 6.92 Å². The number of hydrogen-bond donors (Lipinski definition) is 2. The van der Waals surface area contributed by atoms with Crippen LogP contribution in [0.4, 0.5) is 0 Å². The third-order valence-corrected chi connectivity index (χ3v) is 4.58. The van der Waals surface area contributed by atoms with Gasteiger partial charge in [-0.15, -0.1) is 0 Å². The fourth-order valence-electron chi connectivity index (χ4n) is 2.34. The van der Waals surface area contributed by atoms with Gasteiger partial charge in [0.2, 0.25) is 0 Å². The minimum Gasteiger partial charge on any atom is -0.507 e. The monoisotopic (exact) mass is 418 g/mol. The highest BCUT2D eigenvalue weighted by Crippen LogP contribution is 2.25. The fraction of sp³-hybridized carbons (Fsp3) is 0.300. The van der Waals surface area contributed by atoms with Crippen molar-refractivity contribution in [2.24, 2.45) is 5.10 Å². The summed E-state index contributed by atoms with van der Waals surface area (Å²) in [5.74, 6) is 0.888. The molecule has 26 heavy (non-hydrogen) atoms. The highest BCUT2D eigenvalue weighted by atomic mass is 79.9. The third-order valence-electron chi connectivity index (χ3n) is 4.12. The van der Waals surface area contributed by atoms with Crippen LogP contribution in [0.3, 0.4) is 0 Å². The van der Waals surface area contributed by atoms with Crippen molar-refractivity contribution in [3.8, 4) is 11.5 Å². The number of hydrogen-bond acceptors (Lipinski definition) is 4. The van der Waals surface area contributed by atoms with E-state index in [2.05, 4.69) is 40.3 Å². The molecule has 2 N–H and O–H groups in total. The Kier molecular flexibility index (Phi) is 7.21. The Balaban J connectivity index is 1.86. The van der Waals surface area contributed by atoms with Crippen LogP contribution in [-0.2, 0) is 4.79 Å². The Bertz CT molecular complexity index is 788. The highest BCUT2D eigenvalue weighted by Gasteiger charge is 2.06. The maximum Gasteiger partial charge on any atom is 0.277 e. The molecule has 0 spiro atoms. The molecule has 0 bridgehead atoms. The van der Waals surface area contributed by atoms with Crippen molar-refractivity contribution in [1.82, 2.24) is 5.43 Å². The van der Waals surface area contributed by atoms with Gasteiger partial charge in [0.25, 0.3) is 5.91 Å². The summed E-state index contributed by atoms with van der Waals surface area (Å²) in [5, 5.41) is 13.8. The predicted octanol–water partition coefficient (Wildman–Crippen LogP) is 4.51. The number of carbonyl (C=O) groups excluding carboxylic acids is 1. The van der Waals surface area contributed by atoms with Crippen molar-refractivity contribution < 1.29 is 14.6 Å². The first-order valence-corrected chi connectivity index (χ1v) is 9.23. The van der Waals surface area contributed by atoms with Gasteiger partial charge in [-0.05, 0) is 54.7 Å². The lowest BCUT2D eigenvalue weighted by Gasteiger charge is -2.10. The highest BCUT2D eigenvalue weighted by molar-refractivity contribution is 9.10. The molecule has 0 saturated carbocycles. The van der Waals surface area contributed by atoms with E-state index in [1.807, 2.05) is 24.3 Å². The molecule has 0 unspecified atom stereocenters. The van der Waals surface area contributed by atoms with Crippen LogP contribution in [-0.4, -0.2) is 23.8 Å². The van der Waals surface area contributed by atoms with E-state index >= 15 is 0 Å². The lowest BCUT2D eigenvalue weighted by atomic mass is 9.99. The maximum absolute atomic E-state index is 11.8. The molecule has 0 aromatic heterocycles. The Labute approximate surface area is 162 Å². The van der Waals surface area contributed by atoms with Crippen molar-refractivity contribution in [1.29, 1.82) is 0 Å². The van der Waals surface area contributed by atoms with Gasteiger partial charge >= 0.3 is 0 Å². The molecule has 1 amide bonds. The van der Waals surface area contributed by atoms with Crippen LogP contribution in [0.25, 0.3) is 0 Å². The molecule has 5 nitrogen and oxygen atoms in total. The standard InChI is InChI=1S/C20H23BrN2O3/c1-4-13(2)15-5-7-18(8-6-15)26-12-19(24)23-22-11-16-10-17(21)9-14(3)20(16)25/h5-11,13,25H,4,12H2,1-3H3,(H,23,24)/b22-11-/t13-/m1/s1. The smallest absolute Gasteiger partial charge is 0.277 e. The molecule has 0 radical (unpaired) electrons. The van der Waals surface area contributed by atoms with Crippen LogP contribution < -0.4 is 10.2 Å². The van der Waals surface area contributed by atoms with Gasteiger partial charge in [0, 0.05) is 10.0 Å². The molecule has 0 saturated heterocycles. The fourth-order valence-corrected chi connectivity index (χ4v) is 2.93. The summed E-state index contributed by atoms with van der Waals surface area (Å²) in [4.78, 5) is 11.8. The van der Waals surface area contributed by atoms with Crippen LogP contribution >= 0.6 is 15.9 Å². The molecule has 0 aliphatic heterocycles. The molecule has 0 fully saturated rings. The number of aryl methyl sites for hydroxylation is 1. The SMILES string of the molecule is CC[C@@H](C)c1ccc(OCC(=O)N/N=C\c2cc(Br)cc(C)c2O)cc1. The Morgan fingerprint density at radius 3 is 2.69 bits per heavy atom. The maximum atomic E-state index is 11.8. The number of nitrogens with zero attached hydrogens (tertiary/aromatic N) is 1. The van der Waals surface area contributed by atoms with E-state index in [0.29, 0.717) is 17.2 Å². The Morgan fingerprint density at radius 2 is 2.04 bits per heavy atom. The summed E-state index contributed by atoms with van der Waals surface area (Å²) in [5.41, 5.74) is 4.87. The van der Waals surface area contributed by atoms with Crippen molar-refractivity contribution in [3.63, 3.8) is 0 Å². The molecular formula is C20H23BrN2O3. The Hall–Kier alpha value is -2.34. The normalized spacial score (nSPS) is 12.2. The first-order chi connectivity index (χ1) is 12.4. The number of nitrogens with one attached hydrogen (secondary N) is 1. The summed E-state index contributed by atoms with van der Waals surface area (Å²) < 4.78 is 6.28.